The van der Waals surface area contributed by atoms with Crippen LogP contribution in [0.25, 0.3) is 0 Å². The van der Waals surface area contributed by atoms with Crippen LogP contribution in [-0.4, -0.2) is 58.4 Å². The van der Waals surface area contributed by atoms with Crippen molar-refractivity contribution in [3.05, 3.63) is 35.9 Å². The summed E-state index contributed by atoms with van der Waals surface area (Å²) in [6.45, 7) is 0.580. The molecule has 0 aliphatic carbocycles. The van der Waals surface area contributed by atoms with Crippen LogP contribution in [0.1, 0.15) is 18.4 Å². The van der Waals surface area contributed by atoms with Crippen LogP contribution in [0.4, 0.5) is 0 Å². The summed E-state index contributed by atoms with van der Waals surface area (Å²) in [5.74, 6) is -2.65. The summed E-state index contributed by atoms with van der Waals surface area (Å²) >= 11 is 0. The lowest BCUT2D eigenvalue weighted by Gasteiger charge is -2.04. The van der Waals surface area contributed by atoms with Gasteiger partial charge in [0.25, 0.3) is 0 Å². The fourth-order valence-electron chi connectivity index (χ4n) is 1.85. The van der Waals surface area contributed by atoms with Gasteiger partial charge in [-0.3, -0.25) is 14.4 Å². The zero-order valence-electron chi connectivity index (χ0n) is 13.8. The number of hydrogen-bond acceptors (Lipinski definition) is 6. The quantitative estimate of drug-likeness (QED) is 0.406. The van der Waals surface area contributed by atoms with Gasteiger partial charge in [-0.05, 0) is 31.4 Å². The lowest BCUT2D eigenvalue weighted by atomic mass is 10.1. The van der Waals surface area contributed by atoms with Gasteiger partial charge in [-0.1, -0.05) is 30.3 Å². The van der Waals surface area contributed by atoms with Gasteiger partial charge in [0.05, 0.1) is 6.54 Å². The third-order valence-corrected chi connectivity index (χ3v) is 3.15. The minimum Gasteiger partial charge on any atom is -0.480 e. The Morgan fingerprint density at radius 1 is 1.16 bits per heavy atom. The standard InChI is InChI=1S/C9H11NO2.C5H9NO2.C2H5NO2/c10-8(9(11)12)6-7-4-2-1-3-5-7;7-5(8)4-2-1-3-6-4;3-1-2(4)5/h1-5,8H,6,10H2,(H,11,12);4,6H,1-3H2,(H,7,8);1,3H2,(H,4,5)/t;4-;/m.0./s1. The monoisotopic (exact) mass is 355 g/mol. The molecule has 140 valence electrons. The summed E-state index contributed by atoms with van der Waals surface area (Å²) in [5, 5.41) is 27.3. The maximum Gasteiger partial charge on any atom is 0.320 e. The minimum absolute atomic E-state index is 0.269. The normalized spacial score (nSPS) is 16.5. The number of aliphatic carboxylic acids is 3. The van der Waals surface area contributed by atoms with Crippen LogP contribution in [-0.2, 0) is 20.8 Å². The zero-order chi connectivity index (χ0) is 19.2. The van der Waals surface area contributed by atoms with E-state index in [4.69, 9.17) is 21.1 Å². The Morgan fingerprint density at radius 3 is 2.04 bits per heavy atom. The third kappa shape index (κ3) is 11.7. The van der Waals surface area contributed by atoms with Crippen molar-refractivity contribution in [3.63, 3.8) is 0 Å². The molecule has 1 fully saturated rings. The highest BCUT2D eigenvalue weighted by Crippen LogP contribution is 2.03. The predicted octanol–water partition coefficient (Wildman–Crippen LogP) is -0.506. The number of carboxylic acids is 3. The lowest BCUT2D eigenvalue weighted by molar-refractivity contribution is -0.139. The third-order valence-electron chi connectivity index (χ3n) is 3.15. The molecule has 1 aromatic rings. The number of nitrogens with two attached hydrogens (primary N) is 2. The first kappa shape index (κ1) is 22.5. The fourth-order valence-corrected chi connectivity index (χ4v) is 1.85. The first-order valence-electron chi connectivity index (χ1n) is 7.68. The maximum atomic E-state index is 10.4. The minimum atomic E-state index is -0.968. The van der Waals surface area contributed by atoms with Gasteiger partial charge in [-0.25, -0.2) is 0 Å². The molecule has 9 nitrogen and oxygen atoms in total. The summed E-state index contributed by atoms with van der Waals surface area (Å²) in [4.78, 5) is 29.8. The molecular formula is C16H25N3O6. The van der Waals surface area contributed by atoms with E-state index in [-0.39, 0.29) is 12.6 Å². The Kier molecular flexibility index (Phi) is 11.6. The molecule has 0 spiro atoms. The van der Waals surface area contributed by atoms with E-state index in [2.05, 4.69) is 11.1 Å². The smallest absolute Gasteiger partial charge is 0.320 e. The molecule has 0 aromatic heterocycles. The predicted molar refractivity (Wildman–Crippen MR) is 91.1 cm³/mol. The maximum absolute atomic E-state index is 10.4. The molecule has 1 aromatic carbocycles. The van der Waals surface area contributed by atoms with Gasteiger partial charge in [0.15, 0.2) is 0 Å². The first-order chi connectivity index (χ1) is 11.8. The van der Waals surface area contributed by atoms with Crippen LogP contribution in [0.5, 0.6) is 0 Å². The second-order valence-electron chi connectivity index (χ2n) is 5.22. The van der Waals surface area contributed by atoms with Crippen molar-refractivity contribution in [2.75, 3.05) is 13.1 Å². The molecule has 9 heteroatoms. The number of nitrogens with one attached hydrogen (secondary N) is 1. The Labute approximate surface area is 145 Å². The summed E-state index contributed by atoms with van der Waals surface area (Å²) in [6.07, 6.45) is 2.17. The summed E-state index contributed by atoms with van der Waals surface area (Å²) in [6, 6.07) is 8.28. The Bertz CT molecular complexity index is 532. The van der Waals surface area contributed by atoms with Crippen molar-refractivity contribution in [2.45, 2.75) is 31.3 Å². The van der Waals surface area contributed by atoms with Crippen molar-refractivity contribution in [2.24, 2.45) is 11.5 Å². The largest absolute Gasteiger partial charge is 0.480 e. The molecule has 2 rings (SSSR count). The SMILES string of the molecule is NC(Cc1ccccc1)C(=O)O.NCC(=O)O.O=C(O)[C@@H]1CCCN1. The average molecular weight is 355 g/mol. The molecule has 1 heterocycles. The van der Waals surface area contributed by atoms with E-state index >= 15 is 0 Å². The molecule has 25 heavy (non-hydrogen) atoms. The second kappa shape index (κ2) is 12.9. The van der Waals surface area contributed by atoms with Crippen LogP contribution in [0.15, 0.2) is 30.3 Å². The van der Waals surface area contributed by atoms with E-state index in [0.29, 0.717) is 6.42 Å². The summed E-state index contributed by atoms with van der Waals surface area (Å²) in [7, 11) is 0. The number of carboxylic acid groups (broad SMARTS) is 3. The number of benzene rings is 1. The molecular weight excluding hydrogens is 330 g/mol. The summed E-state index contributed by atoms with van der Waals surface area (Å²) in [5.41, 5.74) is 10.9. The molecule has 1 saturated heterocycles. The molecule has 0 amide bonds. The molecule has 1 aliphatic heterocycles. The van der Waals surface area contributed by atoms with Crippen LogP contribution in [0.3, 0.4) is 0 Å². The van der Waals surface area contributed by atoms with Crippen LogP contribution < -0.4 is 16.8 Å². The van der Waals surface area contributed by atoms with Gasteiger partial charge in [-0.15, -0.1) is 0 Å². The van der Waals surface area contributed by atoms with Crippen LogP contribution in [0.2, 0.25) is 0 Å². The van der Waals surface area contributed by atoms with Gasteiger partial charge in [0, 0.05) is 0 Å². The van der Waals surface area contributed by atoms with E-state index in [0.717, 1.165) is 24.9 Å². The zero-order valence-corrected chi connectivity index (χ0v) is 13.8. The van der Waals surface area contributed by atoms with Gasteiger partial charge in [-0.2, -0.15) is 0 Å². The van der Waals surface area contributed by atoms with Gasteiger partial charge < -0.3 is 32.1 Å². The molecule has 1 unspecified atom stereocenters. The number of hydrogen-bond donors (Lipinski definition) is 6. The Hall–Kier alpha value is -2.49. The van der Waals surface area contributed by atoms with E-state index < -0.39 is 23.9 Å². The summed E-state index contributed by atoms with van der Waals surface area (Å²) < 4.78 is 0. The van der Waals surface area contributed by atoms with E-state index in [9.17, 15) is 14.4 Å². The number of carbonyl (C=O) groups is 3. The number of rotatable bonds is 5. The average Bonchev–Trinajstić information content (AvgIpc) is 3.11. The van der Waals surface area contributed by atoms with Gasteiger partial charge in [0.1, 0.15) is 12.1 Å². The highest BCUT2D eigenvalue weighted by atomic mass is 16.4. The highest BCUT2D eigenvalue weighted by Gasteiger charge is 2.20. The van der Waals surface area contributed by atoms with E-state index in [1.54, 1.807) is 0 Å². The lowest BCUT2D eigenvalue weighted by Crippen LogP contribution is -2.32. The van der Waals surface area contributed by atoms with Crippen molar-refractivity contribution < 1.29 is 29.7 Å². The molecule has 0 radical (unpaired) electrons. The van der Waals surface area contributed by atoms with Crippen LogP contribution >= 0.6 is 0 Å². The van der Waals surface area contributed by atoms with Gasteiger partial charge >= 0.3 is 17.9 Å². The fraction of sp³-hybridized carbons (Fsp3) is 0.438. The Balaban J connectivity index is 0.000000382. The van der Waals surface area contributed by atoms with Crippen molar-refractivity contribution in [3.8, 4) is 0 Å². The second-order valence-corrected chi connectivity index (χ2v) is 5.22. The molecule has 8 N–H and O–H groups in total. The Morgan fingerprint density at radius 2 is 1.72 bits per heavy atom. The first-order valence-corrected chi connectivity index (χ1v) is 7.68. The molecule has 2 atom stereocenters. The molecule has 0 saturated carbocycles. The van der Waals surface area contributed by atoms with E-state index in [1.807, 2.05) is 30.3 Å². The van der Waals surface area contributed by atoms with E-state index in [1.165, 1.54) is 0 Å². The highest BCUT2D eigenvalue weighted by molar-refractivity contribution is 5.74. The van der Waals surface area contributed by atoms with Crippen molar-refractivity contribution in [1.29, 1.82) is 0 Å². The van der Waals surface area contributed by atoms with Crippen molar-refractivity contribution >= 4 is 17.9 Å². The molecule has 1 aliphatic rings. The molecule has 0 bridgehead atoms. The topological polar surface area (TPSA) is 176 Å². The van der Waals surface area contributed by atoms with Crippen LogP contribution in [0, 0.1) is 0 Å². The van der Waals surface area contributed by atoms with Gasteiger partial charge in [0.2, 0.25) is 0 Å². The van der Waals surface area contributed by atoms with Crippen molar-refractivity contribution in [1.82, 2.24) is 5.32 Å².